The van der Waals surface area contributed by atoms with E-state index in [1.165, 1.54) is 0 Å². The summed E-state index contributed by atoms with van der Waals surface area (Å²) in [5, 5.41) is 7.30. The first-order valence-corrected chi connectivity index (χ1v) is 9.97. The van der Waals surface area contributed by atoms with Crippen LogP contribution in [-0.4, -0.2) is 40.6 Å². The van der Waals surface area contributed by atoms with Crippen molar-refractivity contribution < 1.29 is 18.8 Å². The minimum absolute atomic E-state index is 0.281. The van der Waals surface area contributed by atoms with Crippen LogP contribution in [0, 0.1) is 6.92 Å². The number of carbonyl (C=O) groups is 1. The molecular weight excluding hydrogens is 393 g/mol. The number of nitrogens with one attached hydrogen (secondary N) is 1. The molecule has 1 N–H and O–H groups in total. The van der Waals surface area contributed by atoms with Crippen LogP contribution in [0.25, 0.3) is 0 Å². The van der Waals surface area contributed by atoms with Crippen LogP contribution < -0.4 is 15.5 Å². The average molecular weight is 420 g/mol. The van der Waals surface area contributed by atoms with Gasteiger partial charge in [-0.1, -0.05) is 11.6 Å². The van der Waals surface area contributed by atoms with Gasteiger partial charge in [0.25, 0.3) is 5.91 Å². The Labute approximate surface area is 176 Å². The molecule has 0 unspecified atom stereocenters. The Morgan fingerprint density at radius 2 is 1.86 bits per heavy atom. The lowest BCUT2D eigenvalue weighted by molar-refractivity contribution is 0.00578. The van der Waals surface area contributed by atoms with Crippen molar-refractivity contribution in [3.8, 4) is 5.75 Å². The molecule has 0 aliphatic carbocycles. The van der Waals surface area contributed by atoms with Crippen LogP contribution in [-0.2, 0) is 16.4 Å². The number of hydrogen-bond acceptors (Lipinski definition) is 5. The van der Waals surface area contributed by atoms with Crippen molar-refractivity contribution in [1.29, 1.82) is 0 Å². The van der Waals surface area contributed by atoms with E-state index in [2.05, 4.69) is 10.4 Å². The highest BCUT2D eigenvalue weighted by Crippen LogP contribution is 2.37. The van der Waals surface area contributed by atoms with Crippen LogP contribution in [0.3, 0.4) is 0 Å². The summed E-state index contributed by atoms with van der Waals surface area (Å²) in [6, 6.07) is 5.08. The van der Waals surface area contributed by atoms with Gasteiger partial charge in [0.1, 0.15) is 5.75 Å². The maximum atomic E-state index is 12.8. The average Bonchev–Trinajstić information content (AvgIpc) is 3.03. The fourth-order valence-electron chi connectivity index (χ4n) is 2.98. The number of benzene rings is 1. The standard InChI is InChI=1S/C20H27BClN3O4/c1-8-27-16-10-13(18(26)23-17-9-12(2)25(7)24-17)15(22)11-14(16)21-28-19(3,4)20(5,6)29-21/h9-11H,8H2,1-7H3,(H,23,24,26). The van der Waals surface area contributed by atoms with E-state index >= 15 is 0 Å². The minimum Gasteiger partial charge on any atom is -0.494 e. The van der Waals surface area contributed by atoms with Crippen molar-refractivity contribution in [2.24, 2.45) is 7.05 Å². The van der Waals surface area contributed by atoms with Gasteiger partial charge in [-0.3, -0.25) is 9.48 Å². The van der Waals surface area contributed by atoms with Gasteiger partial charge in [0.15, 0.2) is 5.82 Å². The molecule has 1 aliphatic heterocycles. The lowest BCUT2D eigenvalue weighted by Crippen LogP contribution is -2.41. The summed E-state index contributed by atoms with van der Waals surface area (Å²) < 4.78 is 19.7. The molecule has 1 aromatic heterocycles. The number of aromatic nitrogens is 2. The van der Waals surface area contributed by atoms with Crippen molar-refractivity contribution >= 4 is 35.9 Å². The molecule has 0 saturated carbocycles. The van der Waals surface area contributed by atoms with E-state index in [1.807, 2.05) is 48.6 Å². The minimum atomic E-state index is -0.644. The number of aryl methyl sites for hydroxylation is 2. The zero-order chi connectivity index (χ0) is 21.6. The predicted octanol–water partition coefficient (Wildman–Crippen LogP) is 3.33. The van der Waals surface area contributed by atoms with Gasteiger partial charge in [-0.15, -0.1) is 0 Å². The first-order chi connectivity index (χ1) is 13.4. The molecule has 9 heteroatoms. The molecule has 7 nitrogen and oxygen atoms in total. The molecule has 0 atom stereocenters. The molecular formula is C20H27BClN3O4. The fourth-order valence-corrected chi connectivity index (χ4v) is 3.24. The van der Waals surface area contributed by atoms with Gasteiger partial charge >= 0.3 is 7.12 Å². The van der Waals surface area contributed by atoms with Crippen molar-refractivity contribution in [2.45, 2.75) is 52.7 Å². The molecule has 0 spiro atoms. The largest absolute Gasteiger partial charge is 0.498 e. The van der Waals surface area contributed by atoms with Gasteiger partial charge < -0.3 is 19.4 Å². The fraction of sp³-hybridized carbons (Fsp3) is 0.500. The molecule has 1 amide bonds. The number of anilines is 1. The van der Waals surface area contributed by atoms with Crippen LogP contribution in [0.5, 0.6) is 5.75 Å². The molecule has 1 saturated heterocycles. The number of halogens is 1. The molecule has 156 valence electrons. The van der Waals surface area contributed by atoms with Crippen molar-refractivity contribution in [3.63, 3.8) is 0 Å². The molecule has 1 aromatic carbocycles. The van der Waals surface area contributed by atoms with E-state index < -0.39 is 18.3 Å². The van der Waals surface area contributed by atoms with Crippen molar-refractivity contribution in [2.75, 3.05) is 11.9 Å². The summed E-state index contributed by atoms with van der Waals surface area (Å²) in [6.07, 6.45) is 0. The summed E-state index contributed by atoms with van der Waals surface area (Å²) in [6.45, 7) is 12.1. The maximum absolute atomic E-state index is 12.8. The van der Waals surface area contributed by atoms with Crippen LogP contribution in [0.1, 0.15) is 50.7 Å². The Kier molecular flexibility index (Phi) is 5.73. The lowest BCUT2D eigenvalue weighted by Gasteiger charge is -2.32. The zero-order valence-electron chi connectivity index (χ0n) is 17.9. The van der Waals surface area contributed by atoms with E-state index in [0.29, 0.717) is 29.2 Å². The molecule has 29 heavy (non-hydrogen) atoms. The second-order valence-electron chi connectivity index (χ2n) is 8.14. The number of hydrogen-bond donors (Lipinski definition) is 1. The summed E-state index contributed by atoms with van der Waals surface area (Å²) in [5.74, 6) is 0.589. The number of rotatable bonds is 5. The van der Waals surface area contributed by atoms with Crippen LogP contribution in [0.2, 0.25) is 5.02 Å². The van der Waals surface area contributed by atoms with Gasteiger partial charge in [0, 0.05) is 24.3 Å². The highest BCUT2D eigenvalue weighted by Gasteiger charge is 2.52. The molecule has 0 bridgehead atoms. The normalized spacial score (nSPS) is 17.4. The zero-order valence-corrected chi connectivity index (χ0v) is 18.7. The Balaban J connectivity index is 1.93. The van der Waals surface area contributed by atoms with Gasteiger partial charge in [0.2, 0.25) is 0 Å². The number of ether oxygens (including phenoxy) is 1. The van der Waals surface area contributed by atoms with Gasteiger partial charge in [-0.2, -0.15) is 5.10 Å². The second kappa shape index (κ2) is 7.67. The maximum Gasteiger partial charge on any atom is 0.498 e. The highest BCUT2D eigenvalue weighted by atomic mass is 35.5. The molecule has 2 aromatic rings. The van der Waals surface area contributed by atoms with E-state index in [4.69, 9.17) is 25.6 Å². The number of amides is 1. The Morgan fingerprint density at radius 3 is 2.38 bits per heavy atom. The van der Waals surface area contributed by atoms with Gasteiger partial charge in [-0.25, -0.2) is 0 Å². The lowest BCUT2D eigenvalue weighted by atomic mass is 9.78. The van der Waals surface area contributed by atoms with Crippen LogP contribution in [0.15, 0.2) is 18.2 Å². The molecule has 1 fully saturated rings. The van der Waals surface area contributed by atoms with E-state index in [9.17, 15) is 4.79 Å². The van der Waals surface area contributed by atoms with E-state index in [1.54, 1.807) is 22.9 Å². The topological polar surface area (TPSA) is 74.6 Å². The third-order valence-electron chi connectivity index (χ3n) is 5.51. The quantitative estimate of drug-likeness (QED) is 0.752. The monoisotopic (exact) mass is 419 g/mol. The summed E-state index contributed by atoms with van der Waals surface area (Å²) in [4.78, 5) is 12.8. The van der Waals surface area contributed by atoms with Crippen LogP contribution >= 0.6 is 11.6 Å². The smallest absolute Gasteiger partial charge is 0.494 e. The Hall–Kier alpha value is -2.03. The van der Waals surface area contributed by atoms with E-state index in [-0.39, 0.29) is 10.9 Å². The van der Waals surface area contributed by atoms with Crippen LogP contribution in [0.4, 0.5) is 5.82 Å². The third-order valence-corrected chi connectivity index (χ3v) is 5.82. The first-order valence-electron chi connectivity index (χ1n) is 9.59. The molecule has 0 radical (unpaired) electrons. The second-order valence-corrected chi connectivity index (χ2v) is 8.55. The first kappa shape index (κ1) is 21.7. The van der Waals surface area contributed by atoms with Gasteiger partial charge in [-0.05, 0) is 53.7 Å². The van der Waals surface area contributed by atoms with E-state index in [0.717, 1.165) is 5.69 Å². The SMILES string of the molecule is CCOc1cc(C(=O)Nc2cc(C)n(C)n2)c(Cl)cc1B1OC(C)(C)C(C)(C)O1. The molecule has 2 heterocycles. The van der Waals surface area contributed by atoms with Crippen molar-refractivity contribution in [1.82, 2.24) is 9.78 Å². The Morgan fingerprint density at radius 1 is 1.24 bits per heavy atom. The van der Waals surface area contributed by atoms with Crippen molar-refractivity contribution in [3.05, 3.63) is 34.5 Å². The third kappa shape index (κ3) is 4.15. The summed E-state index contributed by atoms with van der Waals surface area (Å²) in [5.41, 5.74) is 0.873. The summed E-state index contributed by atoms with van der Waals surface area (Å²) in [7, 11) is 1.17. The Bertz CT molecular complexity index is 907. The number of carbonyl (C=O) groups excluding carboxylic acids is 1. The highest BCUT2D eigenvalue weighted by molar-refractivity contribution is 6.63. The number of nitrogens with zero attached hydrogens (tertiary/aromatic N) is 2. The predicted molar refractivity (Wildman–Crippen MR) is 114 cm³/mol. The molecule has 1 aliphatic rings. The summed E-state index contributed by atoms with van der Waals surface area (Å²) >= 11 is 6.47. The molecule has 3 rings (SSSR count). The van der Waals surface area contributed by atoms with Gasteiger partial charge in [0.05, 0.1) is 28.4 Å².